The summed E-state index contributed by atoms with van der Waals surface area (Å²) in [6.07, 6.45) is 0.289. The number of carbonyl (C=O) groups is 1. The first-order valence-electron chi connectivity index (χ1n) is 5.49. The summed E-state index contributed by atoms with van der Waals surface area (Å²) in [4.78, 5) is 13.3. The van der Waals surface area contributed by atoms with Crippen LogP contribution < -0.4 is 5.32 Å². The summed E-state index contributed by atoms with van der Waals surface area (Å²) in [7, 11) is 1.64. The monoisotopic (exact) mass is 242 g/mol. The van der Waals surface area contributed by atoms with Gasteiger partial charge in [0.1, 0.15) is 0 Å². The number of anilines is 1. The van der Waals surface area contributed by atoms with E-state index in [0.717, 1.165) is 0 Å². The lowest BCUT2D eigenvalue weighted by atomic mass is 10.2. The van der Waals surface area contributed by atoms with Gasteiger partial charge >= 0.3 is 6.03 Å². The van der Waals surface area contributed by atoms with Gasteiger partial charge in [-0.1, -0.05) is 0 Å². The SMILES string of the molecule is CC(CC#N)N(C)C(=O)Nc1ccc(C#N)cc1. The maximum absolute atomic E-state index is 11.8. The van der Waals surface area contributed by atoms with E-state index in [0.29, 0.717) is 11.3 Å². The first-order chi connectivity index (χ1) is 8.58. The van der Waals surface area contributed by atoms with Crippen LogP contribution in [0.3, 0.4) is 0 Å². The van der Waals surface area contributed by atoms with Crippen molar-refractivity contribution in [1.82, 2.24) is 4.90 Å². The third kappa shape index (κ3) is 3.50. The van der Waals surface area contributed by atoms with Gasteiger partial charge < -0.3 is 10.2 Å². The van der Waals surface area contributed by atoms with E-state index in [1.165, 1.54) is 4.90 Å². The molecule has 1 aromatic rings. The molecule has 1 aromatic carbocycles. The van der Waals surface area contributed by atoms with Gasteiger partial charge in [0.05, 0.1) is 24.1 Å². The van der Waals surface area contributed by atoms with Crippen molar-refractivity contribution in [2.45, 2.75) is 19.4 Å². The van der Waals surface area contributed by atoms with Crippen molar-refractivity contribution in [3.8, 4) is 12.1 Å². The van der Waals surface area contributed by atoms with Crippen molar-refractivity contribution >= 4 is 11.7 Å². The molecule has 0 heterocycles. The molecular formula is C13H14N4O. The molecule has 2 amide bonds. The smallest absolute Gasteiger partial charge is 0.321 e. The molecule has 1 rings (SSSR count). The predicted octanol–water partition coefficient (Wildman–Crippen LogP) is 2.32. The van der Waals surface area contributed by atoms with Crippen LogP contribution in [0.5, 0.6) is 0 Å². The molecule has 92 valence electrons. The van der Waals surface area contributed by atoms with E-state index in [2.05, 4.69) is 5.32 Å². The number of amides is 2. The Balaban J connectivity index is 2.64. The standard InChI is InChI=1S/C13H14N4O/c1-10(7-8-14)17(2)13(18)16-12-5-3-11(9-15)4-6-12/h3-6,10H,7H2,1-2H3,(H,16,18). The first-order valence-corrected chi connectivity index (χ1v) is 5.49. The Morgan fingerprint density at radius 2 is 2.00 bits per heavy atom. The molecule has 0 aliphatic heterocycles. The number of benzene rings is 1. The average Bonchev–Trinajstić information content (AvgIpc) is 2.39. The highest BCUT2D eigenvalue weighted by atomic mass is 16.2. The lowest BCUT2D eigenvalue weighted by Crippen LogP contribution is -2.38. The molecule has 0 aromatic heterocycles. The summed E-state index contributed by atoms with van der Waals surface area (Å²) >= 11 is 0. The Labute approximate surface area is 106 Å². The fourth-order valence-electron chi connectivity index (χ4n) is 1.31. The van der Waals surface area contributed by atoms with Gasteiger partial charge in [-0.15, -0.1) is 0 Å². The van der Waals surface area contributed by atoms with E-state index in [9.17, 15) is 4.79 Å². The molecule has 0 saturated carbocycles. The van der Waals surface area contributed by atoms with Crippen molar-refractivity contribution in [2.75, 3.05) is 12.4 Å². The molecule has 0 aliphatic rings. The zero-order valence-electron chi connectivity index (χ0n) is 10.3. The highest BCUT2D eigenvalue weighted by molar-refractivity contribution is 5.89. The van der Waals surface area contributed by atoms with Gasteiger partial charge in [-0.05, 0) is 31.2 Å². The molecule has 5 heteroatoms. The summed E-state index contributed by atoms with van der Waals surface area (Å²) in [5, 5.41) is 19.9. The zero-order chi connectivity index (χ0) is 13.5. The van der Waals surface area contributed by atoms with Crippen LogP contribution in [0, 0.1) is 22.7 Å². The Morgan fingerprint density at radius 1 is 1.39 bits per heavy atom. The molecule has 0 bridgehead atoms. The molecule has 1 atom stereocenters. The lowest BCUT2D eigenvalue weighted by Gasteiger charge is -2.23. The van der Waals surface area contributed by atoms with Gasteiger partial charge in [-0.25, -0.2) is 4.79 Å². The normalized spacial score (nSPS) is 10.9. The van der Waals surface area contributed by atoms with Gasteiger partial charge in [0.25, 0.3) is 0 Å². The van der Waals surface area contributed by atoms with Gasteiger partial charge in [0, 0.05) is 18.8 Å². The number of hydrogen-bond acceptors (Lipinski definition) is 3. The Morgan fingerprint density at radius 3 is 2.50 bits per heavy atom. The molecule has 0 saturated heterocycles. The van der Waals surface area contributed by atoms with Crippen molar-refractivity contribution in [1.29, 1.82) is 10.5 Å². The first kappa shape index (κ1) is 13.5. The van der Waals surface area contributed by atoms with Gasteiger partial charge in [-0.2, -0.15) is 10.5 Å². The molecule has 1 unspecified atom stereocenters. The summed E-state index contributed by atoms with van der Waals surface area (Å²) < 4.78 is 0. The van der Waals surface area contributed by atoms with Crippen LogP contribution in [-0.2, 0) is 0 Å². The number of rotatable bonds is 3. The predicted molar refractivity (Wildman–Crippen MR) is 67.6 cm³/mol. The second-order valence-electron chi connectivity index (χ2n) is 3.94. The number of nitriles is 2. The van der Waals surface area contributed by atoms with Crippen LogP contribution in [0.25, 0.3) is 0 Å². The molecule has 0 radical (unpaired) electrons. The van der Waals surface area contributed by atoms with Crippen LogP contribution in [0.2, 0.25) is 0 Å². The highest BCUT2D eigenvalue weighted by Gasteiger charge is 2.15. The van der Waals surface area contributed by atoms with E-state index >= 15 is 0 Å². The third-order valence-electron chi connectivity index (χ3n) is 2.63. The number of nitrogens with one attached hydrogen (secondary N) is 1. The minimum Gasteiger partial charge on any atom is -0.324 e. The van der Waals surface area contributed by atoms with E-state index in [4.69, 9.17) is 10.5 Å². The fraction of sp³-hybridized carbons (Fsp3) is 0.308. The minimum atomic E-state index is -0.276. The summed E-state index contributed by atoms with van der Waals surface area (Å²) in [5.41, 5.74) is 1.16. The molecule has 0 fully saturated rings. The second kappa shape index (κ2) is 6.27. The number of carbonyl (C=O) groups excluding carboxylic acids is 1. The second-order valence-corrected chi connectivity index (χ2v) is 3.94. The average molecular weight is 242 g/mol. The minimum absolute atomic E-state index is 0.145. The molecular weight excluding hydrogens is 228 g/mol. The summed E-state index contributed by atoms with van der Waals surface area (Å²) in [5.74, 6) is 0. The van der Waals surface area contributed by atoms with Gasteiger partial charge in [0.15, 0.2) is 0 Å². The quantitative estimate of drug-likeness (QED) is 0.883. The molecule has 5 nitrogen and oxygen atoms in total. The van der Waals surface area contributed by atoms with Gasteiger partial charge in [-0.3, -0.25) is 0 Å². The Hall–Kier alpha value is -2.53. The Kier molecular flexibility index (Phi) is 4.71. The maximum atomic E-state index is 11.8. The number of urea groups is 1. The molecule has 0 spiro atoms. The van der Waals surface area contributed by atoms with Crippen molar-refractivity contribution in [2.24, 2.45) is 0 Å². The van der Waals surface area contributed by atoms with Crippen molar-refractivity contribution in [3.63, 3.8) is 0 Å². The van der Waals surface area contributed by atoms with Crippen molar-refractivity contribution < 1.29 is 4.79 Å². The van der Waals surface area contributed by atoms with E-state index in [1.54, 1.807) is 31.3 Å². The van der Waals surface area contributed by atoms with E-state index in [1.807, 2.05) is 19.1 Å². The third-order valence-corrected chi connectivity index (χ3v) is 2.63. The lowest BCUT2D eigenvalue weighted by molar-refractivity contribution is 0.208. The zero-order valence-corrected chi connectivity index (χ0v) is 10.3. The van der Waals surface area contributed by atoms with Crippen molar-refractivity contribution in [3.05, 3.63) is 29.8 Å². The molecule has 18 heavy (non-hydrogen) atoms. The maximum Gasteiger partial charge on any atom is 0.321 e. The molecule has 0 aliphatic carbocycles. The Bertz CT molecular complexity index is 495. The molecule has 1 N–H and O–H groups in total. The van der Waals surface area contributed by atoms with E-state index in [-0.39, 0.29) is 18.5 Å². The fourth-order valence-corrected chi connectivity index (χ4v) is 1.31. The highest BCUT2D eigenvalue weighted by Crippen LogP contribution is 2.10. The van der Waals surface area contributed by atoms with Crippen LogP contribution >= 0.6 is 0 Å². The number of hydrogen-bond donors (Lipinski definition) is 1. The van der Waals surface area contributed by atoms with E-state index < -0.39 is 0 Å². The number of nitrogens with zero attached hydrogens (tertiary/aromatic N) is 3. The van der Waals surface area contributed by atoms with Gasteiger partial charge in [0.2, 0.25) is 0 Å². The van der Waals surface area contributed by atoms with Crippen LogP contribution in [0.15, 0.2) is 24.3 Å². The summed E-state index contributed by atoms with van der Waals surface area (Å²) in [6.45, 7) is 1.81. The van der Waals surface area contributed by atoms with Crippen LogP contribution in [-0.4, -0.2) is 24.0 Å². The van der Waals surface area contributed by atoms with Crippen LogP contribution in [0.1, 0.15) is 18.9 Å². The topological polar surface area (TPSA) is 79.9 Å². The summed E-state index contributed by atoms with van der Waals surface area (Å²) in [6, 6.07) is 10.2. The largest absolute Gasteiger partial charge is 0.324 e. The van der Waals surface area contributed by atoms with Crippen LogP contribution in [0.4, 0.5) is 10.5 Å².